The van der Waals surface area contributed by atoms with Crippen molar-refractivity contribution in [2.75, 3.05) is 4.90 Å². The SMILES string of the molecule is O=C(O)C(F)(F)F.O=C1C=CC2C3C(=O)N(c4ccccc4)C(=O)C3C1N2Cc1cccc(Cl)c1. The zero-order valence-electron chi connectivity index (χ0n) is 17.9. The third-order valence-electron chi connectivity index (χ3n) is 6.11. The van der Waals surface area contributed by atoms with Gasteiger partial charge in [-0.05, 0) is 35.9 Å². The van der Waals surface area contributed by atoms with E-state index in [4.69, 9.17) is 21.5 Å². The molecule has 3 aliphatic heterocycles. The molecule has 0 radical (unpaired) electrons. The Morgan fingerprint density at radius 2 is 1.60 bits per heavy atom. The lowest BCUT2D eigenvalue weighted by molar-refractivity contribution is -0.192. The van der Waals surface area contributed by atoms with Crippen LogP contribution in [0.15, 0.2) is 66.7 Å². The van der Waals surface area contributed by atoms with Gasteiger partial charge < -0.3 is 5.11 Å². The number of ketones is 1. The molecule has 2 bridgehead atoms. The number of aliphatic carboxylic acids is 1. The molecule has 2 aromatic carbocycles. The molecule has 0 spiro atoms. The van der Waals surface area contributed by atoms with E-state index in [1.54, 1.807) is 36.4 Å². The second-order valence-electron chi connectivity index (χ2n) is 8.20. The van der Waals surface area contributed by atoms with Gasteiger partial charge in [-0.3, -0.25) is 19.3 Å². The number of amides is 2. The van der Waals surface area contributed by atoms with Crippen LogP contribution in [-0.2, 0) is 25.7 Å². The molecule has 4 unspecified atom stereocenters. The molecule has 0 aliphatic carbocycles. The Morgan fingerprint density at radius 1 is 0.971 bits per heavy atom. The molecular weight excluding hydrogens is 489 g/mol. The summed E-state index contributed by atoms with van der Waals surface area (Å²) < 4.78 is 31.7. The number of alkyl halides is 3. The number of carbonyl (C=O) groups is 4. The monoisotopic (exact) mass is 506 g/mol. The van der Waals surface area contributed by atoms with E-state index in [1.807, 2.05) is 29.2 Å². The quantitative estimate of drug-likeness (QED) is 0.641. The van der Waals surface area contributed by atoms with E-state index >= 15 is 0 Å². The van der Waals surface area contributed by atoms with Crippen LogP contribution in [0.4, 0.5) is 18.9 Å². The van der Waals surface area contributed by atoms with Crippen LogP contribution in [-0.4, -0.2) is 51.8 Å². The van der Waals surface area contributed by atoms with Crippen molar-refractivity contribution in [1.29, 1.82) is 0 Å². The third kappa shape index (κ3) is 4.59. The number of carboxylic acids is 1. The summed E-state index contributed by atoms with van der Waals surface area (Å²) in [6, 6.07) is 15.4. The lowest BCUT2D eigenvalue weighted by Gasteiger charge is -2.33. The number of rotatable bonds is 3. The third-order valence-corrected chi connectivity index (χ3v) is 6.34. The molecule has 7 nitrogen and oxygen atoms in total. The van der Waals surface area contributed by atoms with Crippen molar-refractivity contribution in [3.8, 4) is 0 Å². The maximum absolute atomic E-state index is 13.2. The van der Waals surface area contributed by atoms with Gasteiger partial charge >= 0.3 is 12.1 Å². The van der Waals surface area contributed by atoms with Gasteiger partial charge in [0.05, 0.1) is 23.6 Å². The minimum absolute atomic E-state index is 0.123. The van der Waals surface area contributed by atoms with Crippen LogP contribution in [0.3, 0.4) is 0 Å². The van der Waals surface area contributed by atoms with Gasteiger partial charge in [-0.15, -0.1) is 0 Å². The van der Waals surface area contributed by atoms with Crippen molar-refractivity contribution in [3.05, 3.63) is 77.3 Å². The van der Waals surface area contributed by atoms with Gasteiger partial charge in [0, 0.05) is 17.6 Å². The van der Waals surface area contributed by atoms with Gasteiger partial charge in [0.2, 0.25) is 11.8 Å². The molecule has 4 atom stereocenters. The first-order valence-electron chi connectivity index (χ1n) is 10.5. The Labute approximate surface area is 202 Å². The summed E-state index contributed by atoms with van der Waals surface area (Å²) in [5, 5.41) is 7.74. The standard InChI is InChI=1S/C22H17ClN2O3.C2HF3O2/c23-14-6-4-5-13(11-14)12-24-16-9-10-17(26)20(24)19-18(16)21(27)25(22(19)28)15-7-2-1-3-8-15;3-2(4,5)1(6)7/h1-11,16,18-20H,12H2;(H,6,7). The average Bonchev–Trinajstić information content (AvgIpc) is 3.17. The van der Waals surface area contributed by atoms with Crippen molar-refractivity contribution in [2.45, 2.75) is 24.8 Å². The smallest absolute Gasteiger partial charge is 0.475 e. The number of halogens is 4. The average molecular weight is 507 g/mol. The van der Waals surface area contributed by atoms with Crippen LogP contribution in [0.1, 0.15) is 5.56 Å². The maximum atomic E-state index is 13.2. The van der Waals surface area contributed by atoms with Crippen LogP contribution in [0.5, 0.6) is 0 Å². The molecule has 182 valence electrons. The lowest BCUT2D eigenvalue weighted by atomic mass is 9.90. The first-order valence-corrected chi connectivity index (χ1v) is 10.8. The largest absolute Gasteiger partial charge is 0.490 e. The number of hydrogen-bond acceptors (Lipinski definition) is 5. The van der Waals surface area contributed by atoms with Crippen LogP contribution >= 0.6 is 11.6 Å². The minimum Gasteiger partial charge on any atom is -0.475 e. The summed E-state index contributed by atoms with van der Waals surface area (Å²) >= 11 is 6.09. The Balaban J connectivity index is 0.000000364. The summed E-state index contributed by atoms with van der Waals surface area (Å²) in [7, 11) is 0. The molecule has 1 N–H and O–H groups in total. The van der Waals surface area contributed by atoms with E-state index in [1.165, 1.54) is 11.0 Å². The van der Waals surface area contributed by atoms with E-state index in [9.17, 15) is 27.6 Å². The van der Waals surface area contributed by atoms with E-state index in [0.717, 1.165) is 5.56 Å². The summed E-state index contributed by atoms with van der Waals surface area (Å²) in [6.45, 7) is 0.463. The zero-order chi connectivity index (χ0) is 25.5. The highest BCUT2D eigenvalue weighted by Gasteiger charge is 2.64. The fourth-order valence-electron chi connectivity index (χ4n) is 4.75. The molecule has 35 heavy (non-hydrogen) atoms. The minimum atomic E-state index is -5.08. The normalized spacial score (nSPS) is 25.4. The predicted octanol–water partition coefficient (Wildman–Crippen LogP) is 3.47. The van der Waals surface area contributed by atoms with Crippen LogP contribution in [0.2, 0.25) is 5.02 Å². The molecule has 2 saturated heterocycles. The highest BCUT2D eigenvalue weighted by Crippen LogP contribution is 2.47. The van der Waals surface area contributed by atoms with Gasteiger partial charge in [-0.2, -0.15) is 13.2 Å². The molecule has 11 heteroatoms. The van der Waals surface area contributed by atoms with E-state index in [2.05, 4.69) is 0 Å². The zero-order valence-corrected chi connectivity index (χ0v) is 18.6. The fraction of sp³-hybridized carbons (Fsp3) is 0.250. The Morgan fingerprint density at radius 3 is 2.20 bits per heavy atom. The van der Waals surface area contributed by atoms with Crippen molar-refractivity contribution in [1.82, 2.24) is 4.90 Å². The molecule has 5 rings (SSSR count). The highest BCUT2D eigenvalue weighted by atomic mass is 35.5. The van der Waals surface area contributed by atoms with Crippen molar-refractivity contribution >= 4 is 40.9 Å². The van der Waals surface area contributed by atoms with Gasteiger partial charge in [0.15, 0.2) is 5.78 Å². The number of anilines is 1. The molecule has 3 aliphatic rings. The highest BCUT2D eigenvalue weighted by molar-refractivity contribution is 6.30. The van der Waals surface area contributed by atoms with Gasteiger partial charge in [-0.1, -0.05) is 48.0 Å². The second-order valence-corrected chi connectivity index (χ2v) is 8.64. The summed E-state index contributed by atoms with van der Waals surface area (Å²) in [5.74, 6) is -4.60. The number of benzene rings is 2. The molecular formula is C24H18ClF3N2O5. The fourth-order valence-corrected chi connectivity index (χ4v) is 4.96. The summed E-state index contributed by atoms with van der Waals surface area (Å²) in [4.78, 5) is 51.3. The summed E-state index contributed by atoms with van der Waals surface area (Å²) in [6.07, 6.45) is -1.79. The number of carbonyl (C=O) groups excluding carboxylic acids is 3. The van der Waals surface area contributed by atoms with Crippen LogP contribution < -0.4 is 4.90 Å². The molecule has 2 aromatic rings. The van der Waals surface area contributed by atoms with Crippen molar-refractivity contribution in [3.63, 3.8) is 0 Å². The topological polar surface area (TPSA) is 95.0 Å². The van der Waals surface area contributed by atoms with Crippen molar-refractivity contribution in [2.24, 2.45) is 11.8 Å². The van der Waals surface area contributed by atoms with E-state index in [0.29, 0.717) is 17.3 Å². The molecule has 0 aromatic heterocycles. The first kappa shape index (κ1) is 24.6. The van der Waals surface area contributed by atoms with Crippen molar-refractivity contribution < 1.29 is 37.5 Å². The number of para-hydroxylation sites is 1. The molecule has 3 heterocycles. The van der Waals surface area contributed by atoms with Crippen LogP contribution in [0.25, 0.3) is 0 Å². The maximum Gasteiger partial charge on any atom is 0.490 e. The molecule has 2 fully saturated rings. The number of imide groups is 1. The van der Waals surface area contributed by atoms with Gasteiger partial charge in [0.1, 0.15) is 0 Å². The van der Waals surface area contributed by atoms with Crippen LogP contribution in [0, 0.1) is 11.8 Å². The lowest BCUT2D eigenvalue weighted by Crippen LogP contribution is -2.48. The number of fused-ring (bicyclic) bond motifs is 5. The number of hydrogen-bond donors (Lipinski definition) is 1. The molecule has 0 saturated carbocycles. The Kier molecular flexibility index (Phi) is 6.52. The van der Waals surface area contributed by atoms with E-state index in [-0.39, 0.29) is 23.6 Å². The van der Waals surface area contributed by atoms with E-state index < -0.39 is 30.0 Å². The number of carboxylic acid groups (broad SMARTS) is 1. The Hall–Kier alpha value is -3.50. The van der Waals surface area contributed by atoms with Gasteiger partial charge in [-0.25, -0.2) is 9.69 Å². The van der Waals surface area contributed by atoms with Gasteiger partial charge in [0.25, 0.3) is 0 Å². The predicted molar refractivity (Wildman–Crippen MR) is 118 cm³/mol. The second kappa shape index (κ2) is 9.27. The Bertz CT molecular complexity index is 1220. The first-order chi connectivity index (χ1) is 16.5. The molecule has 2 amide bonds. The summed E-state index contributed by atoms with van der Waals surface area (Å²) in [5.41, 5.74) is 1.51. The number of nitrogens with zero attached hydrogens (tertiary/aromatic N) is 2.